The number of rotatable bonds is 4. The first-order chi connectivity index (χ1) is 9.96. The van der Waals surface area contributed by atoms with Crippen LogP contribution in [0.25, 0.3) is 0 Å². The molecule has 9 heteroatoms. The van der Waals surface area contributed by atoms with Crippen molar-refractivity contribution in [3.8, 4) is 0 Å². The standard InChI is InChI=1S/C12H18N4O3S2/c1-20-12(11(13)15-17)4-7-16(8-5-12)21(18,19)10-3-2-6-14-9-10/h2-3,6,9,17H,4-5,7-8H2,1H3,(H2,13,15). The van der Waals surface area contributed by atoms with Gasteiger partial charge in [-0.25, -0.2) is 8.42 Å². The van der Waals surface area contributed by atoms with E-state index >= 15 is 0 Å². The van der Waals surface area contributed by atoms with E-state index in [4.69, 9.17) is 10.9 Å². The van der Waals surface area contributed by atoms with Gasteiger partial charge in [0, 0.05) is 25.5 Å². The highest BCUT2D eigenvalue weighted by Crippen LogP contribution is 2.36. The summed E-state index contributed by atoms with van der Waals surface area (Å²) >= 11 is 1.48. The van der Waals surface area contributed by atoms with Gasteiger partial charge < -0.3 is 10.9 Å². The first kappa shape index (κ1) is 16.1. The molecule has 1 aromatic rings. The molecule has 21 heavy (non-hydrogen) atoms. The van der Waals surface area contributed by atoms with Crippen molar-refractivity contribution in [1.82, 2.24) is 9.29 Å². The molecule has 2 rings (SSSR count). The maximum Gasteiger partial charge on any atom is 0.244 e. The topological polar surface area (TPSA) is 109 Å². The van der Waals surface area contributed by atoms with Crippen molar-refractivity contribution in [2.24, 2.45) is 10.9 Å². The van der Waals surface area contributed by atoms with E-state index in [1.807, 2.05) is 6.26 Å². The molecule has 1 fully saturated rings. The second kappa shape index (κ2) is 6.20. The fourth-order valence-corrected chi connectivity index (χ4v) is 4.64. The minimum atomic E-state index is -3.53. The fourth-order valence-electron chi connectivity index (χ4n) is 2.39. The van der Waals surface area contributed by atoms with E-state index in [1.165, 1.54) is 34.5 Å². The maximum atomic E-state index is 12.5. The van der Waals surface area contributed by atoms with Crippen LogP contribution in [-0.4, -0.2) is 52.8 Å². The van der Waals surface area contributed by atoms with Gasteiger partial charge in [0.05, 0.1) is 4.75 Å². The second-order valence-corrected chi connectivity index (χ2v) is 7.90. The number of pyridine rings is 1. The lowest BCUT2D eigenvalue weighted by Gasteiger charge is -2.38. The van der Waals surface area contributed by atoms with Crippen molar-refractivity contribution in [2.75, 3.05) is 19.3 Å². The molecule has 0 atom stereocenters. The molecule has 1 saturated heterocycles. The summed E-state index contributed by atoms with van der Waals surface area (Å²) in [5, 5.41) is 12.0. The van der Waals surface area contributed by atoms with Crippen LogP contribution in [0.4, 0.5) is 0 Å². The number of hydrogen-bond acceptors (Lipinski definition) is 6. The van der Waals surface area contributed by atoms with Crippen LogP contribution in [-0.2, 0) is 10.0 Å². The SMILES string of the molecule is CSC1(C(N)=NO)CCN(S(=O)(=O)c2cccnc2)CC1. The Labute approximate surface area is 128 Å². The molecule has 2 heterocycles. The Morgan fingerprint density at radius 3 is 2.67 bits per heavy atom. The summed E-state index contributed by atoms with van der Waals surface area (Å²) in [5.41, 5.74) is 5.76. The molecule has 0 aromatic carbocycles. The van der Waals surface area contributed by atoms with Gasteiger partial charge in [0.2, 0.25) is 10.0 Å². The second-order valence-electron chi connectivity index (χ2n) is 4.78. The average Bonchev–Trinajstić information content (AvgIpc) is 2.54. The van der Waals surface area contributed by atoms with Gasteiger partial charge in [-0.15, -0.1) is 0 Å². The Morgan fingerprint density at radius 1 is 1.52 bits per heavy atom. The van der Waals surface area contributed by atoms with Crippen molar-refractivity contribution in [3.63, 3.8) is 0 Å². The highest BCUT2D eigenvalue weighted by atomic mass is 32.2. The summed E-state index contributed by atoms with van der Waals surface area (Å²) in [6.45, 7) is 0.655. The normalized spacial score (nSPS) is 20.3. The Kier molecular flexibility index (Phi) is 4.74. The van der Waals surface area contributed by atoms with E-state index < -0.39 is 14.8 Å². The number of nitrogens with zero attached hydrogens (tertiary/aromatic N) is 3. The Balaban J connectivity index is 2.18. The third kappa shape index (κ3) is 2.99. The lowest BCUT2D eigenvalue weighted by molar-refractivity contribution is 0.300. The minimum absolute atomic E-state index is 0.147. The molecule has 0 radical (unpaired) electrons. The zero-order valence-corrected chi connectivity index (χ0v) is 13.3. The van der Waals surface area contributed by atoms with E-state index in [9.17, 15) is 8.42 Å². The molecule has 0 aliphatic carbocycles. The highest BCUT2D eigenvalue weighted by Gasteiger charge is 2.41. The lowest BCUT2D eigenvalue weighted by Crippen LogP contribution is -2.51. The zero-order valence-electron chi connectivity index (χ0n) is 11.6. The number of piperidine rings is 1. The van der Waals surface area contributed by atoms with E-state index in [1.54, 1.807) is 6.07 Å². The molecule has 116 valence electrons. The summed E-state index contributed by atoms with van der Waals surface area (Å²) in [6.07, 6.45) is 5.76. The molecule has 0 unspecified atom stereocenters. The molecular formula is C12H18N4O3S2. The number of aromatic nitrogens is 1. The largest absolute Gasteiger partial charge is 0.409 e. The maximum absolute atomic E-state index is 12.5. The minimum Gasteiger partial charge on any atom is -0.409 e. The molecule has 0 spiro atoms. The van der Waals surface area contributed by atoms with Crippen LogP contribution in [0.15, 0.2) is 34.6 Å². The molecule has 1 aliphatic heterocycles. The van der Waals surface area contributed by atoms with Gasteiger partial charge in [-0.2, -0.15) is 16.1 Å². The predicted molar refractivity (Wildman–Crippen MR) is 81.9 cm³/mol. The van der Waals surface area contributed by atoms with Gasteiger partial charge in [-0.3, -0.25) is 4.98 Å². The molecule has 1 aromatic heterocycles. The van der Waals surface area contributed by atoms with Gasteiger partial charge in [-0.05, 0) is 31.2 Å². The van der Waals surface area contributed by atoms with Gasteiger partial charge in [0.25, 0.3) is 0 Å². The van der Waals surface area contributed by atoms with Crippen molar-refractivity contribution < 1.29 is 13.6 Å². The summed E-state index contributed by atoms with van der Waals surface area (Å²) in [6, 6.07) is 3.13. The molecule has 0 bridgehead atoms. The van der Waals surface area contributed by atoms with Crippen molar-refractivity contribution in [2.45, 2.75) is 22.5 Å². The number of hydrogen-bond donors (Lipinski definition) is 2. The van der Waals surface area contributed by atoms with Crippen molar-refractivity contribution >= 4 is 27.6 Å². The third-order valence-electron chi connectivity index (χ3n) is 3.77. The molecule has 0 saturated carbocycles. The van der Waals surface area contributed by atoms with E-state index in [0.29, 0.717) is 25.9 Å². The first-order valence-electron chi connectivity index (χ1n) is 6.39. The smallest absolute Gasteiger partial charge is 0.244 e. The Hall–Kier alpha value is -1.32. The zero-order chi connectivity index (χ0) is 15.5. The van der Waals surface area contributed by atoms with Crippen molar-refractivity contribution in [3.05, 3.63) is 24.5 Å². The van der Waals surface area contributed by atoms with Gasteiger partial charge in [0.15, 0.2) is 5.84 Å². The van der Waals surface area contributed by atoms with E-state index in [2.05, 4.69) is 10.1 Å². The van der Waals surface area contributed by atoms with Crippen molar-refractivity contribution in [1.29, 1.82) is 0 Å². The summed E-state index contributed by atoms with van der Waals surface area (Å²) in [5.74, 6) is 0.147. The fraction of sp³-hybridized carbons (Fsp3) is 0.500. The summed E-state index contributed by atoms with van der Waals surface area (Å²) in [7, 11) is -3.53. The predicted octanol–water partition coefficient (Wildman–Crippen LogP) is 0.714. The molecule has 1 aliphatic rings. The number of amidine groups is 1. The number of oxime groups is 1. The number of sulfonamides is 1. The van der Waals surface area contributed by atoms with Crippen LogP contribution < -0.4 is 5.73 Å². The van der Waals surface area contributed by atoms with Crippen LogP contribution in [0.2, 0.25) is 0 Å². The van der Waals surface area contributed by atoms with Gasteiger partial charge in [-0.1, -0.05) is 5.16 Å². The Morgan fingerprint density at radius 2 is 2.19 bits per heavy atom. The highest BCUT2D eigenvalue weighted by molar-refractivity contribution is 8.00. The van der Waals surface area contributed by atoms with E-state index in [0.717, 1.165) is 0 Å². The van der Waals surface area contributed by atoms with E-state index in [-0.39, 0.29) is 10.7 Å². The molecule has 7 nitrogen and oxygen atoms in total. The molecular weight excluding hydrogens is 312 g/mol. The van der Waals surface area contributed by atoms with Gasteiger partial charge in [0.1, 0.15) is 4.90 Å². The van der Waals surface area contributed by atoms with Gasteiger partial charge >= 0.3 is 0 Å². The first-order valence-corrected chi connectivity index (χ1v) is 9.06. The van der Waals surface area contributed by atoms with Crippen LogP contribution in [0.1, 0.15) is 12.8 Å². The number of thioether (sulfide) groups is 1. The lowest BCUT2D eigenvalue weighted by atomic mass is 9.96. The third-order valence-corrected chi connectivity index (χ3v) is 7.05. The quantitative estimate of drug-likeness (QED) is 0.364. The monoisotopic (exact) mass is 330 g/mol. The van der Waals surface area contributed by atoms with Crippen LogP contribution in [0.5, 0.6) is 0 Å². The van der Waals surface area contributed by atoms with Crippen LogP contribution in [0.3, 0.4) is 0 Å². The molecule has 0 amide bonds. The molecule has 3 N–H and O–H groups in total. The Bertz CT molecular complexity index is 611. The van der Waals surface area contributed by atoms with Crippen LogP contribution in [0, 0.1) is 0 Å². The number of nitrogens with two attached hydrogens (primary N) is 1. The summed E-state index contributed by atoms with van der Waals surface area (Å²) in [4.78, 5) is 4.04. The summed E-state index contributed by atoms with van der Waals surface area (Å²) < 4.78 is 25.9. The average molecular weight is 330 g/mol. The van der Waals surface area contributed by atoms with Crippen LogP contribution >= 0.6 is 11.8 Å².